The van der Waals surface area contributed by atoms with E-state index in [1.807, 2.05) is 0 Å². The molecule has 1 aromatic rings. The van der Waals surface area contributed by atoms with Gasteiger partial charge in [0.1, 0.15) is 5.82 Å². The zero-order valence-corrected chi connectivity index (χ0v) is 10.9. The van der Waals surface area contributed by atoms with Crippen molar-refractivity contribution in [1.82, 2.24) is 0 Å². The summed E-state index contributed by atoms with van der Waals surface area (Å²) < 4.78 is 13.4. The average molecular weight is 273 g/mol. The first-order valence-corrected chi connectivity index (χ1v) is 5.98. The molecule has 0 radical (unpaired) electrons. The Morgan fingerprint density at radius 2 is 2.11 bits per heavy atom. The van der Waals surface area contributed by atoms with Crippen LogP contribution in [0, 0.1) is 17.7 Å². The number of anilines is 1. The molecule has 1 saturated carbocycles. The molecule has 1 fully saturated rings. The van der Waals surface area contributed by atoms with Crippen molar-refractivity contribution in [2.45, 2.75) is 19.3 Å². The lowest BCUT2D eigenvalue weighted by Gasteiger charge is -2.17. The number of benzene rings is 1. The number of hydrogen-bond acceptors (Lipinski definition) is 2. The highest BCUT2D eigenvalue weighted by molar-refractivity contribution is 5.93. The van der Waals surface area contributed by atoms with Crippen LogP contribution in [0.25, 0.3) is 0 Å². The molecular formula is C13H18ClFN2O. The maximum Gasteiger partial charge on any atom is 0.227 e. The second-order valence-corrected chi connectivity index (χ2v) is 4.50. The van der Waals surface area contributed by atoms with E-state index in [2.05, 4.69) is 5.32 Å². The minimum atomic E-state index is -0.400. The van der Waals surface area contributed by atoms with Crippen LogP contribution in [0.3, 0.4) is 0 Å². The number of carbonyl (C=O) groups excluding carboxylic acids is 1. The summed E-state index contributed by atoms with van der Waals surface area (Å²) in [5.41, 5.74) is 5.88. The van der Waals surface area contributed by atoms with Gasteiger partial charge < -0.3 is 11.1 Å². The van der Waals surface area contributed by atoms with E-state index in [1.165, 1.54) is 6.07 Å². The molecule has 0 bridgehead atoms. The second kappa shape index (κ2) is 6.71. The van der Waals surface area contributed by atoms with E-state index in [0.29, 0.717) is 6.54 Å². The van der Waals surface area contributed by atoms with Crippen LogP contribution in [0.2, 0.25) is 0 Å². The van der Waals surface area contributed by atoms with Gasteiger partial charge in [-0.3, -0.25) is 4.79 Å². The Bertz CT molecular complexity index is 414. The first-order chi connectivity index (χ1) is 8.22. The Kier molecular flexibility index (Phi) is 5.56. The highest BCUT2D eigenvalue weighted by Gasteiger charge is 2.32. The summed E-state index contributed by atoms with van der Waals surface area (Å²) in [5.74, 6) is -0.340. The number of rotatable bonds is 3. The number of carbonyl (C=O) groups is 1. The molecule has 1 aliphatic carbocycles. The molecule has 0 unspecified atom stereocenters. The number of para-hydroxylation sites is 1. The predicted octanol–water partition coefficient (Wildman–Crippen LogP) is 2.56. The summed E-state index contributed by atoms with van der Waals surface area (Å²) in [5, 5.41) is 2.65. The lowest BCUT2D eigenvalue weighted by molar-refractivity contribution is -0.120. The van der Waals surface area contributed by atoms with E-state index in [0.717, 1.165) is 19.3 Å². The molecule has 0 spiro atoms. The summed E-state index contributed by atoms with van der Waals surface area (Å²) >= 11 is 0. The fraction of sp³-hybridized carbons (Fsp3) is 0.462. The molecule has 5 heteroatoms. The van der Waals surface area contributed by atoms with Gasteiger partial charge in [0.15, 0.2) is 0 Å². The van der Waals surface area contributed by atoms with Gasteiger partial charge in [0.25, 0.3) is 0 Å². The SMILES string of the molecule is Cl.NC[C@H]1CCC[C@H]1C(=O)Nc1ccccc1F. The van der Waals surface area contributed by atoms with Crippen molar-refractivity contribution < 1.29 is 9.18 Å². The highest BCUT2D eigenvalue weighted by Crippen LogP contribution is 2.32. The number of halogens is 2. The van der Waals surface area contributed by atoms with Gasteiger partial charge in [0.05, 0.1) is 5.69 Å². The van der Waals surface area contributed by atoms with E-state index < -0.39 is 5.82 Å². The largest absolute Gasteiger partial charge is 0.330 e. The predicted molar refractivity (Wildman–Crippen MR) is 72.2 cm³/mol. The Labute approximate surface area is 112 Å². The summed E-state index contributed by atoms with van der Waals surface area (Å²) in [7, 11) is 0. The molecule has 0 heterocycles. The summed E-state index contributed by atoms with van der Waals surface area (Å²) in [6.45, 7) is 0.523. The van der Waals surface area contributed by atoms with Crippen LogP contribution in [0.4, 0.5) is 10.1 Å². The third kappa shape index (κ3) is 3.21. The van der Waals surface area contributed by atoms with Crippen LogP contribution in [-0.2, 0) is 4.79 Å². The van der Waals surface area contributed by atoms with Crippen molar-refractivity contribution in [3.05, 3.63) is 30.1 Å². The van der Waals surface area contributed by atoms with Gasteiger partial charge >= 0.3 is 0 Å². The molecular weight excluding hydrogens is 255 g/mol. The molecule has 0 aromatic heterocycles. The molecule has 3 nitrogen and oxygen atoms in total. The standard InChI is InChI=1S/C13H17FN2O.ClH/c14-11-6-1-2-7-12(11)16-13(17)10-5-3-4-9(10)8-15;/h1-2,6-7,9-10H,3-5,8,15H2,(H,16,17);1H/t9-,10-;/m1./s1. The Morgan fingerprint density at radius 1 is 1.39 bits per heavy atom. The van der Waals surface area contributed by atoms with Gasteiger partial charge in [-0.05, 0) is 37.4 Å². The molecule has 1 amide bonds. The van der Waals surface area contributed by atoms with Gasteiger partial charge in [-0.2, -0.15) is 0 Å². The van der Waals surface area contributed by atoms with Crippen molar-refractivity contribution >= 4 is 24.0 Å². The highest BCUT2D eigenvalue weighted by atomic mass is 35.5. The smallest absolute Gasteiger partial charge is 0.227 e. The van der Waals surface area contributed by atoms with E-state index >= 15 is 0 Å². The van der Waals surface area contributed by atoms with Crippen molar-refractivity contribution in [3.8, 4) is 0 Å². The summed E-state index contributed by atoms with van der Waals surface area (Å²) in [4.78, 5) is 12.0. The fourth-order valence-electron chi connectivity index (χ4n) is 2.45. The van der Waals surface area contributed by atoms with E-state index in [9.17, 15) is 9.18 Å². The fourth-order valence-corrected chi connectivity index (χ4v) is 2.45. The van der Waals surface area contributed by atoms with Crippen molar-refractivity contribution in [2.24, 2.45) is 17.6 Å². The molecule has 100 valence electrons. The van der Waals surface area contributed by atoms with Crippen LogP contribution in [-0.4, -0.2) is 12.5 Å². The zero-order chi connectivity index (χ0) is 12.3. The number of hydrogen-bond donors (Lipinski definition) is 2. The van der Waals surface area contributed by atoms with Crippen molar-refractivity contribution in [3.63, 3.8) is 0 Å². The first kappa shape index (κ1) is 14.9. The maximum absolute atomic E-state index is 13.4. The van der Waals surface area contributed by atoms with Gasteiger partial charge in [-0.1, -0.05) is 18.6 Å². The van der Waals surface area contributed by atoms with Crippen LogP contribution < -0.4 is 11.1 Å². The molecule has 3 N–H and O–H groups in total. The maximum atomic E-state index is 13.4. The van der Waals surface area contributed by atoms with Crippen LogP contribution in [0.5, 0.6) is 0 Å². The van der Waals surface area contributed by atoms with E-state index in [-0.39, 0.29) is 35.8 Å². The number of nitrogens with two attached hydrogens (primary N) is 1. The monoisotopic (exact) mass is 272 g/mol. The average Bonchev–Trinajstić information content (AvgIpc) is 2.80. The summed E-state index contributed by atoms with van der Waals surface area (Å²) in [6, 6.07) is 6.21. The van der Waals surface area contributed by atoms with Gasteiger partial charge in [0.2, 0.25) is 5.91 Å². The van der Waals surface area contributed by atoms with Crippen LogP contribution >= 0.6 is 12.4 Å². The Balaban J connectivity index is 0.00000162. The Hall–Kier alpha value is -1.13. The Morgan fingerprint density at radius 3 is 2.78 bits per heavy atom. The molecule has 2 atom stereocenters. The van der Waals surface area contributed by atoms with Crippen molar-refractivity contribution in [1.29, 1.82) is 0 Å². The van der Waals surface area contributed by atoms with Gasteiger partial charge in [-0.25, -0.2) is 4.39 Å². The van der Waals surface area contributed by atoms with E-state index in [1.54, 1.807) is 18.2 Å². The van der Waals surface area contributed by atoms with Crippen LogP contribution in [0.15, 0.2) is 24.3 Å². The quantitative estimate of drug-likeness (QED) is 0.888. The molecule has 2 rings (SSSR count). The topological polar surface area (TPSA) is 55.1 Å². The third-order valence-electron chi connectivity index (χ3n) is 3.43. The van der Waals surface area contributed by atoms with E-state index in [4.69, 9.17) is 5.73 Å². The summed E-state index contributed by atoms with van der Waals surface area (Å²) in [6.07, 6.45) is 2.87. The minimum Gasteiger partial charge on any atom is -0.330 e. The molecule has 0 aliphatic heterocycles. The second-order valence-electron chi connectivity index (χ2n) is 4.50. The molecule has 1 aromatic carbocycles. The van der Waals surface area contributed by atoms with Crippen LogP contribution in [0.1, 0.15) is 19.3 Å². The zero-order valence-electron chi connectivity index (χ0n) is 10.1. The minimum absolute atomic E-state index is 0. The molecule has 18 heavy (non-hydrogen) atoms. The third-order valence-corrected chi connectivity index (χ3v) is 3.43. The van der Waals surface area contributed by atoms with Gasteiger partial charge in [-0.15, -0.1) is 12.4 Å². The van der Waals surface area contributed by atoms with Gasteiger partial charge in [0, 0.05) is 5.92 Å². The first-order valence-electron chi connectivity index (χ1n) is 5.98. The lowest BCUT2D eigenvalue weighted by atomic mass is 9.95. The van der Waals surface area contributed by atoms with Crippen molar-refractivity contribution in [2.75, 3.05) is 11.9 Å². The normalized spacial score (nSPS) is 22.3. The number of amides is 1. The lowest BCUT2D eigenvalue weighted by Crippen LogP contribution is -2.30. The molecule has 0 saturated heterocycles. The molecule has 1 aliphatic rings. The number of nitrogens with one attached hydrogen (secondary N) is 1.